The fourth-order valence-corrected chi connectivity index (χ4v) is 13.4. The summed E-state index contributed by atoms with van der Waals surface area (Å²) in [7, 11) is 0. The molecular weight excluding hydrogens is 1560 g/mol. The van der Waals surface area contributed by atoms with E-state index in [9.17, 15) is 85.3 Å². The number of carbonyl (C=O) groups is 5. The van der Waals surface area contributed by atoms with Crippen LogP contribution in [0.2, 0.25) is 0 Å². The molecule has 49 nitrogen and oxygen atoms in total. The lowest BCUT2D eigenvalue weighted by atomic mass is 9.97. The van der Waals surface area contributed by atoms with Crippen molar-refractivity contribution in [2.75, 3.05) is 138 Å². The van der Waals surface area contributed by atoms with Crippen LogP contribution in [-0.2, 0) is 120 Å². The van der Waals surface area contributed by atoms with Gasteiger partial charge in [0.25, 0.3) is 0 Å². The SMILES string of the molecule is CC(=O)NC1C(OCCOCCN2C=C(CN(CCCCC(C(=O)NCCN)N(Cc3cn(CCOCCOC4OC(CO)C(O)C(O)C4NC(C)=O)nn3)Cc3cn(CCOCCOC4OC(CO)C(O)C(O)C4NC(C)=O)nn3)Cc3cn(CCOCCOC4OC(CO)C(O)C(O)C4NC(C)=O)nn3)NN2)OC(CO)C(O)C1O. The van der Waals surface area contributed by atoms with Gasteiger partial charge < -0.3 is 156 Å². The van der Waals surface area contributed by atoms with Crippen molar-refractivity contribution < 1.29 is 142 Å². The molecule has 664 valence electrons. The highest BCUT2D eigenvalue weighted by Gasteiger charge is 2.49. The fraction of sp³-hybridized carbons (Fsp3) is 0.809. The van der Waals surface area contributed by atoms with Crippen LogP contribution in [0.25, 0.3) is 0 Å². The van der Waals surface area contributed by atoms with Crippen LogP contribution in [-0.4, -0.2) is 418 Å². The van der Waals surface area contributed by atoms with E-state index in [1.54, 1.807) is 37.6 Å². The van der Waals surface area contributed by atoms with Crippen molar-refractivity contribution in [3.63, 3.8) is 0 Å². The van der Waals surface area contributed by atoms with Crippen molar-refractivity contribution in [3.05, 3.63) is 47.6 Å². The smallest absolute Gasteiger partial charge is 0.237 e. The predicted octanol–water partition coefficient (Wildman–Crippen LogP) is -12.3. The molecule has 3 aromatic rings. The standard InChI is InChI=1S/C68H118N20O29/c1-39(93)71-52-60(101)56(97)48(35-89)114-65(52)110-23-19-106-15-11-85-31-43(75-79-85)27-83(28-44-32-86(80-76-44)12-16-107-20-24-111-66-53(72-40(2)94)61(102)57(98)49(36-90)115-66)10-6-5-7-47(64(105)70-9-8-69)84(29-45-33-87(81-77-45)13-17-108-21-25-112-67-54(73-41(3)95)62(103)58(99)50(37-91)116-67)30-46-34-88(82-78-46)14-18-109-22-26-113-68-55(74-42(4)96)63(104)59(100)51(38-92)117-68/h31-34,47-63,65-68,75,79,89-92,97-104H,5-30,35-38,69H2,1-4H3,(H,70,105)(H,71,93)(H,72,94)(H,73,95)(H,74,96). The Labute approximate surface area is 673 Å². The summed E-state index contributed by atoms with van der Waals surface area (Å²) in [4.78, 5) is 66.4. The van der Waals surface area contributed by atoms with Crippen LogP contribution >= 0.6 is 0 Å². The molecule has 0 spiro atoms. The van der Waals surface area contributed by atoms with E-state index in [1.807, 2.05) is 11.1 Å². The number of amides is 5. The molecule has 0 saturated carbocycles. The van der Waals surface area contributed by atoms with Crippen molar-refractivity contribution in [2.24, 2.45) is 5.73 Å². The number of rotatable bonds is 53. The van der Waals surface area contributed by atoms with Crippen LogP contribution in [0, 0.1) is 0 Å². The summed E-state index contributed by atoms with van der Waals surface area (Å²) in [6.07, 6.45) is -12.9. The van der Waals surface area contributed by atoms with Crippen molar-refractivity contribution in [2.45, 2.75) is 215 Å². The van der Waals surface area contributed by atoms with E-state index in [-0.39, 0.29) is 131 Å². The van der Waals surface area contributed by atoms with Gasteiger partial charge in [0.2, 0.25) is 29.5 Å². The van der Waals surface area contributed by atoms with Gasteiger partial charge in [-0.2, -0.15) is 0 Å². The zero-order valence-electron chi connectivity index (χ0n) is 65.9. The molecule has 0 radical (unpaired) electrons. The number of nitrogens with zero attached hydrogens (tertiary/aromatic N) is 12. The van der Waals surface area contributed by atoms with Crippen molar-refractivity contribution in [1.82, 2.24) is 97.3 Å². The van der Waals surface area contributed by atoms with E-state index in [2.05, 4.69) is 73.4 Å². The molecule has 0 aliphatic carbocycles. The van der Waals surface area contributed by atoms with E-state index in [4.69, 9.17) is 62.6 Å². The number of hydrogen-bond donors (Lipinski definition) is 20. The average molecular weight is 1680 g/mol. The Hall–Kier alpha value is -7.01. The van der Waals surface area contributed by atoms with Gasteiger partial charge in [0.05, 0.1) is 161 Å². The van der Waals surface area contributed by atoms with Crippen LogP contribution in [0.15, 0.2) is 30.5 Å². The van der Waals surface area contributed by atoms with E-state index in [0.29, 0.717) is 62.5 Å². The maximum absolute atomic E-state index is 14.6. The first-order valence-electron chi connectivity index (χ1n) is 38.8. The van der Waals surface area contributed by atoms with Crippen molar-refractivity contribution in [3.8, 4) is 0 Å². The first-order valence-corrected chi connectivity index (χ1v) is 38.8. The van der Waals surface area contributed by atoms with Gasteiger partial charge in [-0.05, 0) is 19.4 Å². The second-order valence-electron chi connectivity index (χ2n) is 28.4. The second kappa shape index (κ2) is 49.7. The Morgan fingerprint density at radius 2 is 0.812 bits per heavy atom. The average Bonchev–Trinajstić information content (AvgIpc) is 1.68. The summed E-state index contributed by atoms with van der Waals surface area (Å²) in [6, 6.07) is -5.33. The second-order valence-corrected chi connectivity index (χ2v) is 28.4. The normalized spacial score (nSPS) is 28.4. The van der Waals surface area contributed by atoms with E-state index in [1.165, 1.54) is 27.7 Å². The first-order chi connectivity index (χ1) is 56.3. The van der Waals surface area contributed by atoms with Crippen LogP contribution in [0.1, 0.15) is 64.0 Å². The number of ether oxygens (including phenoxy) is 12. The zero-order chi connectivity index (χ0) is 84.5. The molecule has 4 saturated heterocycles. The molecule has 5 amide bonds. The number of aliphatic hydroxyl groups is 12. The molecule has 5 aliphatic heterocycles. The Morgan fingerprint density at radius 1 is 0.470 bits per heavy atom. The molecule has 21 unspecified atom stereocenters. The molecule has 21 atom stereocenters. The number of aliphatic hydroxyl groups excluding tert-OH is 12. The number of carbonyl (C=O) groups excluding carboxylic acids is 5. The van der Waals surface area contributed by atoms with Gasteiger partial charge >= 0.3 is 0 Å². The molecule has 117 heavy (non-hydrogen) atoms. The van der Waals surface area contributed by atoms with Crippen LogP contribution in [0.3, 0.4) is 0 Å². The highest BCUT2D eigenvalue weighted by molar-refractivity contribution is 5.81. The molecule has 8 rings (SSSR count). The van der Waals surface area contributed by atoms with E-state index >= 15 is 0 Å². The van der Waals surface area contributed by atoms with Gasteiger partial charge in [0.1, 0.15) is 97.4 Å². The number of nitrogens with two attached hydrogens (primary N) is 1. The van der Waals surface area contributed by atoms with E-state index in [0.717, 1.165) is 5.70 Å². The highest BCUT2D eigenvalue weighted by atomic mass is 16.7. The van der Waals surface area contributed by atoms with Gasteiger partial charge in [0.15, 0.2) is 25.2 Å². The lowest BCUT2D eigenvalue weighted by molar-refractivity contribution is -0.272. The van der Waals surface area contributed by atoms with Crippen LogP contribution in [0.4, 0.5) is 0 Å². The van der Waals surface area contributed by atoms with Crippen molar-refractivity contribution >= 4 is 29.5 Å². The third kappa shape index (κ3) is 30.0. The van der Waals surface area contributed by atoms with Crippen LogP contribution < -0.4 is 43.3 Å². The predicted molar refractivity (Wildman–Crippen MR) is 394 cm³/mol. The topological polar surface area (TPSA) is 651 Å². The van der Waals surface area contributed by atoms with Gasteiger partial charge in [-0.15, -0.1) is 20.8 Å². The Balaban J connectivity index is 0.919. The van der Waals surface area contributed by atoms with Gasteiger partial charge in [-0.3, -0.25) is 38.8 Å². The largest absolute Gasteiger partial charge is 0.394 e. The lowest BCUT2D eigenvalue weighted by Gasteiger charge is -2.42. The Morgan fingerprint density at radius 3 is 1.15 bits per heavy atom. The molecule has 8 heterocycles. The molecular formula is C68H118N20O29. The van der Waals surface area contributed by atoms with Crippen molar-refractivity contribution in [1.29, 1.82) is 0 Å². The molecule has 0 bridgehead atoms. The minimum atomic E-state index is -1.49. The molecule has 4 fully saturated rings. The summed E-state index contributed by atoms with van der Waals surface area (Å²) >= 11 is 0. The number of nitrogens with one attached hydrogen (secondary N) is 7. The summed E-state index contributed by atoms with van der Waals surface area (Å²) in [5.74, 6) is -2.33. The summed E-state index contributed by atoms with van der Waals surface area (Å²) in [6.45, 7) is 5.80. The first kappa shape index (κ1) is 95.5. The van der Waals surface area contributed by atoms with Gasteiger partial charge in [-0.1, -0.05) is 22.1 Å². The molecule has 3 aromatic heterocycles. The van der Waals surface area contributed by atoms with E-state index < -0.39 is 179 Å². The monoisotopic (exact) mass is 1680 g/mol. The number of unbranched alkanes of at least 4 members (excludes halogenated alkanes) is 1. The molecule has 0 aromatic carbocycles. The third-order valence-electron chi connectivity index (χ3n) is 19.2. The summed E-state index contributed by atoms with van der Waals surface area (Å²) in [5.41, 5.74) is 14.6. The quantitative estimate of drug-likeness (QED) is 0.0233. The summed E-state index contributed by atoms with van der Waals surface area (Å²) in [5, 5.41) is 164. The maximum Gasteiger partial charge on any atom is 0.237 e. The third-order valence-corrected chi connectivity index (χ3v) is 19.2. The van der Waals surface area contributed by atoms with Gasteiger partial charge in [0, 0.05) is 91.8 Å². The molecule has 5 aliphatic rings. The highest BCUT2D eigenvalue weighted by Crippen LogP contribution is 2.27. The Kier molecular flexibility index (Phi) is 40.5. The number of aromatic nitrogens is 9. The fourth-order valence-electron chi connectivity index (χ4n) is 13.4. The summed E-state index contributed by atoms with van der Waals surface area (Å²) < 4.78 is 73.8. The van der Waals surface area contributed by atoms with Gasteiger partial charge in [-0.25, -0.2) is 14.0 Å². The zero-order valence-corrected chi connectivity index (χ0v) is 65.9. The number of hydrogen-bond acceptors (Lipinski definition) is 41. The minimum Gasteiger partial charge on any atom is -0.394 e. The maximum atomic E-state index is 14.6. The minimum absolute atomic E-state index is 0.0286. The molecule has 21 N–H and O–H groups in total. The molecule has 49 heteroatoms. The van der Waals surface area contributed by atoms with Crippen LogP contribution in [0.5, 0.6) is 0 Å². The number of hydrazine groups is 2. The lowest BCUT2D eigenvalue weighted by Crippen LogP contribution is -2.64. The Bertz CT molecular complexity index is 3350.